The molecule has 0 aliphatic carbocycles. The van der Waals surface area contributed by atoms with E-state index in [0.29, 0.717) is 23.6 Å². The fourth-order valence-electron chi connectivity index (χ4n) is 2.58. The summed E-state index contributed by atoms with van der Waals surface area (Å²) in [6, 6.07) is 9.43. The highest BCUT2D eigenvalue weighted by molar-refractivity contribution is 6.09. The number of esters is 1. The molecule has 1 aliphatic heterocycles. The van der Waals surface area contributed by atoms with Crippen LogP contribution in [0, 0.1) is 17.2 Å². The predicted octanol–water partition coefficient (Wildman–Crippen LogP) is 2.67. The van der Waals surface area contributed by atoms with Crippen LogP contribution >= 0.6 is 0 Å². The third-order valence-electron chi connectivity index (χ3n) is 3.56. The van der Waals surface area contributed by atoms with Gasteiger partial charge in [0.2, 0.25) is 0 Å². The Balaban J connectivity index is 2.52. The Bertz CT molecular complexity index is 656. The van der Waals surface area contributed by atoms with Gasteiger partial charge in [0.15, 0.2) is 0 Å². The van der Waals surface area contributed by atoms with Crippen LogP contribution in [-0.2, 0) is 9.53 Å². The van der Waals surface area contributed by atoms with E-state index in [1.807, 2.05) is 19.1 Å². The molecule has 108 valence electrons. The van der Waals surface area contributed by atoms with Crippen LogP contribution in [0.5, 0.6) is 0 Å². The number of hydrogen-bond acceptors (Lipinski definition) is 5. The van der Waals surface area contributed by atoms with E-state index < -0.39 is 5.92 Å². The monoisotopic (exact) mass is 283 g/mol. The van der Waals surface area contributed by atoms with Crippen molar-refractivity contribution in [2.75, 3.05) is 6.61 Å². The van der Waals surface area contributed by atoms with E-state index in [9.17, 15) is 10.1 Å². The third kappa shape index (κ3) is 2.84. The summed E-state index contributed by atoms with van der Waals surface area (Å²) in [5, 5.41) is 17.5. The number of nitrogens with zero attached hydrogens (tertiary/aromatic N) is 3. The number of hydrogen-bond donors (Lipinski definition) is 0. The van der Waals surface area contributed by atoms with E-state index in [1.165, 1.54) is 0 Å². The maximum absolute atomic E-state index is 12.3. The predicted molar refractivity (Wildman–Crippen MR) is 80.2 cm³/mol. The van der Waals surface area contributed by atoms with Crippen molar-refractivity contribution in [2.45, 2.75) is 26.7 Å². The highest BCUT2D eigenvalue weighted by Crippen LogP contribution is 2.33. The smallest absolute Gasteiger partial charge is 0.315 e. The first-order valence-electron chi connectivity index (χ1n) is 6.84. The lowest BCUT2D eigenvalue weighted by molar-refractivity contribution is -0.145. The largest absolute Gasteiger partial charge is 0.465 e. The minimum Gasteiger partial charge on any atom is -0.465 e. The molecule has 1 heterocycles. The van der Waals surface area contributed by atoms with Crippen molar-refractivity contribution in [1.82, 2.24) is 0 Å². The first-order valence-corrected chi connectivity index (χ1v) is 6.84. The van der Waals surface area contributed by atoms with Crippen LogP contribution in [-0.4, -0.2) is 24.0 Å². The molecule has 2 atom stereocenters. The van der Waals surface area contributed by atoms with E-state index >= 15 is 0 Å². The normalized spacial score (nSPS) is 21.0. The van der Waals surface area contributed by atoms with Crippen LogP contribution in [0.3, 0.4) is 0 Å². The van der Waals surface area contributed by atoms with Gasteiger partial charge in [-0.1, -0.05) is 18.2 Å². The lowest BCUT2D eigenvalue weighted by Gasteiger charge is -2.28. The molecule has 0 aromatic heterocycles. The van der Waals surface area contributed by atoms with Crippen molar-refractivity contribution in [3.8, 4) is 6.07 Å². The fraction of sp³-hybridized carbons (Fsp3) is 0.375. The van der Waals surface area contributed by atoms with Gasteiger partial charge in [-0.2, -0.15) is 15.5 Å². The Morgan fingerprint density at radius 2 is 1.95 bits per heavy atom. The minimum atomic E-state index is -0.531. The van der Waals surface area contributed by atoms with Crippen LogP contribution in [0.4, 0.5) is 0 Å². The van der Waals surface area contributed by atoms with E-state index in [0.717, 1.165) is 5.56 Å². The molecule has 1 aromatic carbocycles. The summed E-state index contributed by atoms with van der Waals surface area (Å²) >= 11 is 0. The molecular weight excluding hydrogens is 266 g/mol. The summed E-state index contributed by atoms with van der Waals surface area (Å²) in [5.41, 5.74) is 2.65. The Hall–Kier alpha value is -2.48. The maximum atomic E-state index is 12.3. The van der Waals surface area contributed by atoms with Gasteiger partial charge in [-0.25, -0.2) is 0 Å². The van der Waals surface area contributed by atoms with Crippen molar-refractivity contribution in [3.05, 3.63) is 35.4 Å². The number of benzene rings is 1. The average Bonchev–Trinajstić information content (AvgIpc) is 2.49. The molecule has 0 N–H and O–H groups in total. The highest BCUT2D eigenvalue weighted by Gasteiger charge is 2.38. The van der Waals surface area contributed by atoms with Crippen molar-refractivity contribution in [1.29, 1.82) is 5.26 Å². The molecule has 0 fully saturated rings. The molecule has 2 rings (SSSR count). The molecule has 0 saturated heterocycles. The molecule has 0 radical (unpaired) electrons. The number of carbonyl (C=O) groups is 1. The first kappa shape index (κ1) is 14.9. The Labute approximate surface area is 124 Å². The SMILES string of the molecule is CCOC(=O)C1C(C)=NN=C(C)C1c1ccccc1C#N. The van der Waals surface area contributed by atoms with Gasteiger partial charge in [0.1, 0.15) is 5.92 Å². The van der Waals surface area contributed by atoms with E-state index in [2.05, 4.69) is 16.3 Å². The van der Waals surface area contributed by atoms with Gasteiger partial charge in [-0.3, -0.25) is 4.79 Å². The molecule has 1 aromatic rings. The van der Waals surface area contributed by atoms with Crippen molar-refractivity contribution in [2.24, 2.45) is 16.1 Å². The highest BCUT2D eigenvalue weighted by atomic mass is 16.5. The maximum Gasteiger partial charge on any atom is 0.315 e. The van der Waals surface area contributed by atoms with Crippen molar-refractivity contribution >= 4 is 17.4 Å². The van der Waals surface area contributed by atoms with Crippen LogP contribution in [0.1, 0.15) is 37.8 Å². The zero-order chi connectivity index (χ0) is 15.4. The molecular formula is C16H17N3O2. The second-order valence-corrected chi connectivity index (χ2v) is 4.89. The van der Waals surface area contributed by atoms with Gasteiger partial charge in [0.25, 0.3) is 0 Å². The summed E-state index contributed by atoms with van der Waals surface area (Å²) in [6.07, 6.45) is 0. The Morgan fingerprint density at radius 1 is 1.29 bits per heavy atom. The second-order valence-electron chi connectivity index (χ2n) is 4.89. The molecule has 0 spiro atoms. The lowest BCUT2D eigenvalue weighted by Crippen LogP contribution is -2.36. The Morgan fingerprint density at radius 3 is 2.62 bits per heavy atom. The summed E-state index contributed by atoms with van der Waals surface area (Å²) < 4.78 is 5.17. The number of rotatable bonds is 3. The summed E-state index contributed by atoms with van der Waals surface area (Å²) in [4.78, 5) is 12.3. The quantitative estimate of drug-likeness (QED) is 0.800. The topological polar surface area (TPSA) is 74.8 Å². The van der Waals surface area contributed by atoms with Gasteiger partial charge in [-0.15, -0.1) is 0 Å². The molecule has 0 saturated carbocycles. The molecule has 2 unspecified atom stereocenters. The van der Waals surface area contributed by atoms with Crippen LogP contribution in [0.15, 0.2) is 34.5 Å². The Kier molecular flexibility index (Phi) is 4.49. The molecule has 5 nitrogen and oxygen atoms in total. The van der Waals surface area contributed by atoms with Crippen LogP contribution < -0.4 is 0 Å². The van der Waals surface area contributed by atoms with Gasteiger partial charge >= 0.3 is 5.97 Å². The molecule has 5 heteroatoms. The summed E-state index contributed by atoms with van der Waals surface area (Å²) in [7, 11) is 0. The standard InChI is InChI=1S/C16H17N3O2/c1-4-21-16(20)15-11(3)19-18-10(2)14(15)13-8-6-5-7-12(13)9-17/h5-8,14-15H,4H2,1-3H3. The van der Waals surface area contributed by atoms with E-state index in [-0.39, 0.29) is 11.9 Å². The zero-order valence-corrected chi connectivity index (χ0v) is 12.3. The number of ether oxygens (including phenoxy) is 1. The summed E-state index contributed by atoms with van der Waals surface area (Å²) in [5.74, 6) is -1.17. The molecule has 21 heavy (non-hydrogen) atoms. The fourth-order valence-corrected chi connectivity index (χ4v) is 2.58. The van der Waals surface area contributed by atoms with Crippen LogP contribution in [0.25, 0.3) is 0 Å². The first-order chi connectivity index (χ1) is 10.1. The number of carbonyl (C=O) groups excluding carboxylic acids is 1. The average molecular weight is 283 g/mol. The van der Waals surface area contributed by atoms with Crippen molar-refractivity contribution < 1.29 is 9.53 Å². The van der Waals surface area contributed by atoms with E-state index in [1.54, 1.807) is 26.0 Å². The molecule has 0 bridgehead atoms. The second kappa shape index (κ2) is 6.31. The van der Waals surface area contributed by atoms with Gasteiger partial charge in [-0.05, 0) is 32.4 Å². The molecule has 0 amide bonds. The number of nitriles is 1. The van der Waals surface area contributed by atoms with Gasteiger partial charge in [0.05, 0.1) is 24.0 Å². The van der Waals surface area contributed by atoms with Gasteiger partial charge < -0.3 is 4.74 Å². The van der Waals surface area contributed by atoms with Crippen molar-refractivity contribution in [3.63, 3.8) is 0 Å². The van der Waals surface area contributed by atoms with Crippen LogP contribution in [0.2, 0.25) is 0 Å². The lowest BCUT2D eigenvalue weighted by atomic mass is 9.78. The minimum absolute atomic E-state index is 0.308. The van der Waals surface area contributed by atoms with E-state index in [4.69, 9.17) is 4.74 Å². The third-order valence-corrected chi connectivity index (χ3v) is 3.56. The molecule has 1 aliphatic rings. The summed E-state index contributed by atoms with van der Waals surface area (Å²) in [6.45, 7) is 5.66. The van der Waals surface area contributed by atoms with Gasteiger partial charge in [0, 0.05) is 11.6 Å². The zero-order valence-electron chi connectivity index (χ0n) is 12.3.